The minimum Gasteiger partial charge on any atom is -0.480 e. The van der Waals surface area contributed by atoms with Crippen molar-refractivity contribution in [2.45, 2.75) is 12.5 Å². The van der Waals surface area contributed by atoms with Crippen molar-refractivity contribution in [2.24, 2.45) is 5.73 Å². The second kappa shape index (κ2) is 5.11. The summed E-state index contributed by atoms with van der Waals surface area (Å²) in [6.07, 6.45) is 1.20. The van der Waals surface area contributed by atoms with Gasteiger partial charge in [-0.1, -0.05) is 18.2 Å². The third kappa shape index (κ3) is 2.43. The number of carbonyl (C=O) groups is 2. The molecule has 2 aromatic rings. The van der Waals surface area contributed by atoms with Gasteiger partial charge in [0.2, 0.25) is 0 Å². The van der Waals surface area contributed by atoms with Gasteiger partial charge in [-0.05, 0) is 11.6 Å². The number of rotatable bonds is 3. The molecule has 19 heavy (non-hydrogen) atoms. The van der Waals surface area contributed by atoms with Crippen molar-refractivity contribution >= 4 is 23.0 Å². The summed E-state index contributed by atoms with van der Waals surface area (Å²) in [5.74, 6) is -1.07. The van der Waals surface area contributed by atoms with E-state index in [9.17, 15) is 9.59 Å². The Labute approximate surface area is 109 Å². The van der Waals surface area contributed by atoms with Crippen molar-refractivity contribution in [3.63, 3.8) is 0 Å². The van der Waals surface area contributed by atoms with Crippen LogP contribution in [0.3, 0.4) is 0 Å². The molecule has 0 amide bonds. The summed E-state index contributed by atoms with van der Waals surface area (Å²) in [6.45, 7) is 0. The topological polar surface area (TPSA) is 94.5 Å². The van der Waals surface area contributed by atoms with Crippen LogP contribution in [0.5, 0.6) is 0 Å². The molecule has 2 rings (SSSR count). The molecule has 0 bridgehead atoms. The number of hydrogen-bond donors (Lipinski definition) is 2. The molecule has 6 heteroatoms. The van der Waals surface area contributed by atoms with Crippen molar-refractivity contribution in [2.75, 3.05) is 7.11 Å². The monoisotopic (exact) mass is 262 g/mol. The number of carboxylic acid groups (broad SMARTS) is 1. The lowest BCUT2D eigenvalue weighted by Crippen LogP contribution is -2.32. The van der Waals surface area contributed by atoms with Crippen LogP contribution in [0.15, 0.2) is 30.5 Å². The Morgan fingerprint density at radius 2 is 2.11 bits per heavy atom. The zero-order valence-corrected chi connectivity index (χ0v) is 10.4. The quantitative estimate of drug-likeness (QED) is 0.867. The predicted octanol–water partition coefficient (Wildman–Crippen LogP) is 1.21. The third-order valence-corrected chi connectivity index (χ3v) is 2.92. The van der Waals surface area contributed by atoms with Crippen molar-refractivity contribution in [1.82, 2.24) is 4.57 Å². The van der Waals surface area contributed by atoms with Crippen LogP contribution in [-0.4, -0.2) is 34.9 Å². The molecule has 0 aliphatic heterocycles. The number of para-hydroxylation sites is 1. The smallest absolute Gasteiger partial charge is 0.418 e. The molecule has 1 aromatic heterocycles. The maximum Gasteiger partial charge on any atom is 0.418 e. The van der Waals surface area contributed by atoms with E-state index < -0.39 is 18.1 Å². The summed E-state index contributed by atoms with van der Waals surface area (Å²) in [5, 5.41) is 9.65. The molecule has 1 atom stereocenters. The third-order valence-electron chi connectivity index (χ3n) is 2.92. The molecular weight excluding hydrogens is 248 g/mol. The number of aromatic nitrogens is 1. The Hall–Kier alpha value is -2.34. The molecule has 100 valence electrons. The molecule has 0 fully saturated rings. The first-order chi connectivity index (χ1) is 9.04. The Balaban J connectivity index is 2.50. The van der Waals surface area contributed by atoms with E-state index in [2.05, 4.69) is 4.74 Å². The van der Waals surface area contributed by atoms with Crippen LogP contribution in [-0.2, 0) is 16.0 Å². The van der Waals surface area contributed by atoms with Gasteiger partial charge in [-0.3, -0.25) is 9.36 Å². The Morgan fingerprint density at radius 3 is 2.74 bits per heavy atom. The molecule has 0 aliphatic rings. The van der Waals surface area contributed by atoms with Gasteiger partial charge in [-0.25, -0.2) is 4.79 Å². The van der Waals surface area contributed by atoms with Crippen molar-refractivity contribution < 1.29 is 19.4 Å². The summed E-state index contributed by atoms with van der Waals surface area (Å²) in [4.78, 5) is 22.5. The largest absolute Gasteiger partial charge is 0.480 e. The van der Waals surface area contributed by atoms with E-state index in [1.165, 1.54) is 11.7 Å². The van der Waals surface area contributed by atoms with Crippen LogP contribution in [0, 0.1) is 0 Å². The SMILES string of the molecule is COC(=O)n1cc(CC(N)C(=O)O)c2ccccc21. The van der Waals surface area contributed by atoms with Gasteiger partial charge in [0, 0.05) is 18.0 Å². The van der Waals surface area contributed by atoms with Gasteiger partial charge in [-0.15, -0.1) is 0 Å². The minimum absolute atomic E-state index is 0.153. The standard InChI is InChI=1S/C13H14N2O4/c1-19-13(18)15-7-8(6-10(14)12(16)17)9-4-2-3-5-11(9)15/h2-5,7,10H,6,14H2,1H3,(H,16,17). The van der Waals surface area contributed by atoms with Crippen LogP contribution in [0.2, 0.25) is 0 Å². The normalized spacial score (nSPS) is 12.3. The first kappa shape index (κ1) is 13.1. The van der Waals surface area contributed by atoms with Crippen LogP contribution >= 0.6 is 0 Å². The lowest BCUT2D eigenvalue weighted by molar-refractivity contribution is -0.138. The van der Waals surface area contributed by atoms with E-state index in [-0.39, 0.29) is 6.42 Å². The number of aliphatic carboxylic acids is 1. The fourth-order valence-corrected chi connectivity index (χ4v) is 1.99. The van der Waals surface area contributed by atoms with Gasteiger partial charge in [0.25, 0.3) is 0 Å². The fraction of sp³-hybridized carbons (Fsp3) is 0.231. The summed E-state index contributed by atoms with van der Waals surface area (Å²) in [5.41, 5.74) is 6.91. The summed E-state index contributed by atoms with van der Waals surface area (Å²) < 4.78 is 6.03. The number of hydrogen-bond acceptors (Lipinski definition) is 4. The highest BCUT2D eigenvalue weighted by atomic mass is 16.5. The van der Waals surface area contributed by atoms with E-state index in [1.807, 2.05) is 12.1 Å². The molecule has 0 saturated heterocycles. The van der Waals surface area contributed by atoms with Gasteiger partial charge >= 0.3 is 12.1 Å². The number of fused-ring (bicyclic) bond motifs is 1. The second-order valence-corrected chi connectivity index (χ2v) is 4.16. The molecule has 3 N–H and O–H groups in total. The maximum absolute atomic E-state index is 11.7. The summed E-state index contributed by atoms with van der Waals surface area (Å²) in [6, 6.07) is 6.19. The van der Waals surface area contributed by atoms with Gasteiger partial charge < -0.3 is 15.6 Å². The summed E-state index contributed by atoms with van der Waals surface area (Å²) >= 11 is 0. The molecule has 1 unspecified atom stereocenters. The molecule has 6 nitrogen and oxygen atoms in total. The number of nitrogens with zero attached hydrogens (tertiary/aromatic N) is 1. The van der Waals surface area contributed by atoms with Crippen LogP contribution in [0.4, 0.5) is 4.79 Å². The zero-order chi connectivity index (χ0) is 14.0. The number of carboxylic acids is 1. The first-order valence-electron chi connectivity index (χ1n) is 5.70. The van der Waals surface area contributed by atoms with Gasteiger partial charge in [0.1, 0.15) is 6.04 Å². The molecule has 0 aliphatic carbocycles. The van der Waals surface area contributed by atoms with E-state index in [0.29, 0.717) is 11.1 Å². The second-order valence-electron chi connectivity index (χ2n) is 4.16. The van der Waals surface area contributed by atoms with E-state index in [1.54, 1.807) is 18.3 Å². The van der Waals surface area contributed by atoms with E-state index in [0.717, 1.165) is 5.39 Å². The predicted molar refractivity (Wildman–Crippen MR) is 69.1 cm³/mol. The van der Waals surface area contributed by atoms with Crippen LogP contribution in [0.1, 0.15) is 5.56 Å². The average Bonchev–Trinajstić information content (AvgIpc) is 2.77. The lowest BCUT2D eigenvalue weighted by Gasteiger charge is -2.04. The minimum atomic E-state index is -1.07. The Kier molecular flexibility index (Phi) is 3.52. The van der Waals surface area contributed by atoms with Gasteiger partial charge in [0.05, 0.1) is 12.6 Å². The molecule has 1 heterocycles. The molecule has 1 aromatic carbocycles. The lowest BCUT2D eigenvalue weighted by atomic mass is 10.1. The van der Waals surface area contributed by atoms with Crippen LogP contribution in [0.25, 0.3) is 10.9 Å². The highest BCUT2D eigenvalue weighted by Gasteiger charge is 2.18. The fourth-order valence-electron chi connectivity index (χ4n) is 1.99. The average molecular weight is 262 g/mol. The number of benzene rings is 1. The van der Waals surface area contributed by atoms with E-state index >= 15 is 0 Å². The highest BCUT2D eigenvalue weighted by molar-refractivity contribution is 5.92. The Morgan fingerprint density at radius 1 is 1.42 bits per heavy atom. The molecular formula is C13H14N2O4. The number of nitrogens with two attached hydrogens (primary N) is 1. The van der Waals surface area contributed by atoms with Crippen molar-refractivity contribution in [3.05, 3.63) is 36.0 Å². The molecule has 0 spiro atoms. The molecule has 0 saturated carbocycles. The first-order valence-corrected chi connectivity index (χ1v) is 5.70. The van der Waals surface area contributed by atoms with Crippen LogP contribution < -0.4 is 5.73 Å². The number of carbonyl (C=O) groups excluding carboxylic acids is 1. The zero-order valence-electron chi connectivity index (χ0n) is 10.4. The highest BCUT2D eigenvalue weighted by Crippen LogP contribution is 2.22. The number of methoxy groups -OCH3 is 1. The van der Waals surface area contributed by atoms with E-state index in [4.69, 9.17) is 10.8 Å². The Bertz CT molecular complexity index is 633. The summed E-state index contributed by atoms with van der Waals surface area (Å²) in [7, 11) is 1.29. The van der Waals surface area contributed by atoms with Crippen molar-refractivity contribution in [3.8, 4) is 0 Å². The molecule has 0 radical (unpaired) electrons. The van der Waals surface area contributed by atoms with Gasteiger partial charge in [0.15, 0.2) is 0 Å². The van der Waals surface area contributed by atoms with Gasteiger partial charge in [-0.2, -0.15) is 0 Å². The maximum atomic E-state index is 11.7. The number of ether oxygens (including phenoxy) is 1. The van der Waals surface area contributed by atoms with Crippen molar-refractivity contribution in [1.29, 1.82) is 0 Å².